The Kier molecular flexibility index (Phi) is 4.01. The SMILES string of the molecule is Cc1cccc2c(N)c(C(=O)NCCS(C)(=O)=O)sc12. The van der Waals surface area contributed by atoms with Crippen LogP contribution in [-0.4, -0.2) is 32.9 Å². The van der Waals surface area contributed by atoms with Crippen molar-refractivity contribution in [3.8, 4) is 0 Å². The van der Waals surface area contributed by atoms with Gasteiger partial charge in [0.25, 0.3) is 5.91 Å². The highest BCUT2D eigenvalue weighted by molar-refractivity contribution is 7.90. The molecule has 1 amide bonds. The largest absolute Gasteiger partial charge is 0.397 e. The third kappa shape index (κ3) is 3.10. The van der Waals surface area contributed by atoms with Crippen molar-refractivity contribution in [3.63, 3.8) is 0 Å². The fourth-order valence-electron chi connectivity index (χ4n) is 1.88. The maximum atomic E-state index is 12.1. The number of hydrogen-bond acceptors (Lipinski definition) is 5. The van der Waals surface area contributed by atoms with E-state index >= 15 is 0 Å². The van der Waals surface area contributed by atoms with Crippen LogP contribution in [0.5, 0.6) is 0 Å². The van der Waals surface area contributed by atoms with Gasteiger partial charge in [0.15, 0.2) is 0 Å². The molecule has 2 rings (SSSR count). The Hall–Kier alpha value is -1.60. The number of aryl methyl sites for hydroxylation is 1. The second kappa shape index (κ2) is 5.41. The van der Waals surface area contributed by atoms with E-state index in [9.17, 15) is 13.2 Å². The van der Waals surface area contributed by atoms with Crippen LogP contribution in [0.1, 0.15) is 15.2 Å². The summed E-state index contributed by atoms with van der Waals surface area (Å²) in [6.45, 7) is 2.05. The van der Waals surface area contributed by atoms with Crippen LogP contribution in [0, 0.1) is 6.92 Å². The molecule has 0 aliphatic carbocycles. The summed E-state index contributed by atoms with van der Waals surface area (Å²) in [7, 11) is -3.09. The van der Waals surface area contributed by atoms with Crippen molar-refractivity contribution in [2.45, 2.75) is 6.92 Å². The summed E-state index contributed by atoms with van der Waals surface area (Å²) in [6.07, 6.45) is 1.14. The first kappa shape index (κ1) is 14.8. The first-order chi connectivity index (χ1) is 9.29. The summed E-state index contributed by atoms with van der Waals surface area (Å²) in [5, 5.41) is 3.45. The quantitative estimate of drug-likeness (QED) is 0.896. The average Bonchev–Trinajstić information content (AvgIpc) is 2.67. The molecule has 0 aliphatic heterocycles. The standard InChI is InChI=1S/C13H16N2O3S2/c1-8-4-3-5-9-10(14)12(19-11(8)9)13(16)15-6-7-20(2,17)18/h3-5H,6-7,14H2,1-2H3,(H,15,16). The van der Waals surface area contributed by atoms with Crippen LogP contribution >= 0.6 is 11.3 Å². The van der Waals surface area contributed by atoms with E-state index in [1.54, 1.807) is 0 Å². The predicted octanol–water partition coefficient (Wildman–Crippen LogP) is 1.57. The first-order valence-electron chi connectivity index (χ1n) is 6.03. The third-order valence-electron chi connectivity index (χ3n) is 2.92. The molecular weight excluding hydrogens is 296 g/mol. The van der Waals surface area contributed by atoms with Gasteiger partial charge in [0, 0.05) is 22.9 Å². The van der Waals surface area contributed by atoms with Crippen molar-refractivity contribution in [2.75, 3.05) is 24.3 Å². The lowest BCUT2D eigenvalue weighted by atomic mass is 10.1. The summed E-state index contributed by atoms with van der Waals surface area (Å²) in [5.74, 6) is -0.408. The fourth-order valence-corrected chi connectivity index (χ4v) is 3.46. The number of anilines is 1. The van der Waals surface area contributed by atoms with Crippen molar-refractivity contribution >= 4 is 42.9 Å². The molecule has 1 aromatic heterocycles. The highest BCUT2D eigenvalue weighted by atomic mass is 32.2. The summed E-state index contributed by atoms with van der Waals surface area (Å²) in [5.41, 5.74) is 7.51. The minimum Gasteiger partial charge on any atom is -0.397 e. The van der Waals surface area contributed by atoms with Crippen molar-refractivity contribution in [2.24, 2.45) is 0 Å². The van der Waals surface area contributed by atoms with E-state index in [1.165, 1.54) is 11.3 Å². The molecule has 0 saturated carbocycles. The van der Waals surface area contributed by atoms with Gasteiger partial charge < -0.3 is 11.1 Å². The minimum absolute atomic E-state index is 0.0808. The van der Waals surface area contributed by atoms with E-state index in [4.69, 9.17) is 5.73 Å². The highest BCUT2D eigenvalue weighted by Crippen LogP contribution is 2.35. The number of sulfone groups is 1. The molecule has 0 unspecified atom stereocenters. The molecule has 0 atom stereocenters. The Morgan fingerprint density at radius 1 is 1.40 bits per heavy atom. The zero-order chi connectivity index (χ0) is 14.9. The van der Waals surface area contributed by atoms with Gasteiger partial charge in [0.05, 0.1) is 11.4 Å². The van der Waals surface area contributed by atoms with Crippen molar-refractivity contribution < 1.29 is 13.2 Å². The number of benzene rings is 1. The lowest BCUT2D eigenvalue weighted by molar-refractivity contribution is 0.0961. The summed E-state index contributed by atoms with van der Waals surface area (Å²) >= 11 is 1.33. The Morgan fingerprint density at radius 3 is 2.70 bits per heavy atom. The summed E-state index contributed by atoms with van der Waals surface area (Å²) in [6, 6.07) is 5.73. The second-order valence-electron chi connectivity index (χ2n) is 4.68. The Bertz CT molecular complexity index is 763. The summed E-state index contributed by atoms with van der Waals surface area (Å²) < 4.78 is 23.0. The average molecular weight is 312 g/mol. The normalized spacial score (nSPS) is 11.7. The zero-order valence-corrected chi connectivity index (χ0v) is 12.9. The number of amides is 1. The maximum Gasteiger partial charge on any atom is 0.263 e. The van der Waals surface area contributed by atoms with Crippen LogP contribution in [0.25, 0.3) is 10.1 Å². The number of fused-ring (bicyclic) bond motifs is 1. The number of hydrogen-bond donors (Lipinski definition) is 2. The van der Waals surface area contributed by atoms with Gasteiger partial charge in [-0.25, -0.2) is 8.42 Å². The Morgan fingerprint density at radius 2 is 2.10 bits per heavy atom. The van der Waals surface area contributed by atoms with Crippen molar-refractivity contribution in [1.82, 2.24) is 5.32 Å². The molecule has 0 saturated heterocycles. The van der Waals surface area contributed by atoms with Crippen molar-refractivity contribution in [3.05, 3.63) is 28.6 Å². The van der Waals surface area contributed by atoms with Crippen LogP contribution in [0.3, 0.4) is 0 Å². The van der Waals surface area contributed by atoms with Gasteiger partial charge in [-0.1, -0.05) is 18.2 Å². The van der Waals surface area contributed by atoms with Crippen LogP contribution in [0.4, 0.5) is 5.69 Å². The molecule has 20 heavy (non-hydrogen) atoms. The molecule has 0 spiro atoms. The van der Waals surface area contributed by atoms with Gasteiger partial charge >= 0.3 is 0 Å². The van der Waals surface area contributed by atoms with Crippen LogP contribution < -0.4 is 11.1 Å². The summed E-state index contributed by atoms with van der Waals surface area (Å²) in [4.78, 5) is 12.5. The monoisotopic (exact) mass is 312 g/mol. The molecule has 2 aromatic rings. The van der Waals surface area contributed by atoms with E-state index in [2.05, 4.69) is 5.32 Å². The topological polar surface area (TPSA) is 89.3 Å². The van der Waals surface area contributed by atoms with Gasteiger partial charge in [-0.2, -0.15) is 0 Å². The zero-order valence-electron chi connectivity index (χ0n) is 11.3. The molecule has 0 aliphatic rings. The molecule has 1 aromatic carbocycles. The van der Waals surface area contributed by atoms with Gasteiger partial charge in [-0.15, -0.1) is 11.3 Å². The molecule has 5 nitrogen and oxygen atoms in total. The number of carbonyl (C=O) groups excluding carboxylic acids is 1. The lowest BCUT2D eigenvalue weighted by Gasteiger charge is -2.03. The van der Waals surface area contributed by atoms with Gasteiger partial charge in [-0.3, -0.25) is 4.79 Å². The Balaban J connectivity index is 2.23. The predicted molar refractivity (Wildman–Crippen MR) is 83.0 cm³/mol. The van der Waals surface area contributed by atoms with Crippen LogP contribution in [-0.2, 0) is 9.84 Å². The van der Waals surface area contributed by atoms with Gasteiger partial charge in [0.2, 0.25) is 0 Å². The third-order valence-corrected chi connectivity index (χ3v) is 5.22. The molecule has 3 N–H and O–H groups in total. The second-order valence-corrected chi connectivity index (χ2v) is 7.96. The number of carbonyl (C=O) groups is 1. The van der Waals surface area contributed by atoms with E-state index in [0.717, 1.165) is 21.9 Å². The number of thiophene rings is 1. The molecule has 108 valence electrons. The highest BCUT2D eigenvalue weighted by Gasteiger charge is 2.17. The number of nitrogens with two attached hydrogens (primary N) is 1. The fraction of sp³-hybridized carbons (Fsp3) is 0.308. The molecule has 0 fully saturated rings. The number of nitrogens with one attached hydrogen (secondary N) is 1. The lowest BCUT2D eigenvalue weighted by Crippen LogP contribution is -2.28. The van der Waals surface area contributed by atoms with E-state index < -0.39 is 9.84 Å². The van der Waals surface area contributed by atoms with Gasteiger partial charge in [-0.05, 0) is 12.5 Å². The number of nitrogen functional groups attached to an aromatic ring is 1. The van der Waals surface area contributed by atoms with Gasteiger partial charge in [0.1, 0.15) is 14.7 Å². The maximum absolute atomic E-state index is 12.1. The smallest absolute Gasteiger partial charge is 0.263 e. The molecule has 7 heteroatoms. The van der Waals surface area contributed by atoms with Crippen LogP contribution in [0.2, 0.25) is 0 Å². The Labute approximate surface area is 121 Å². The molecule has 0 bridgehead atoms. The molecule has 0 radical (unpaired) electrons. The molecule has 1 heterocycles. The first-order valence-corrected chi connectivity index (χ1v) is 8.91. The van der Waals surface area contributed by atoms with Crippen molar-refractivity contribution in [1.29, 1.82) is 0 Å². The van der Waals surface area contributed by atoms with Crippen LogP contribution in [0.15, 0.2) is 18.2 Å². The van der Waals surface area contributed by atoms with E-state index in [-0.39, 0.29) is 18.2 Å². The van der Waals surface area contributed by atoms with E-state index in [0.29, 0.717) is 10.6 Å². The number of rotatable bonds is 4. The minimum atomic E-state index is -3.09. The molecular formula is C13H16N2O3S2. The van der Waals surface area contributed by atoms with E-state index in [1.807, 2.05) is 25.1 Å².